The Morgan fingerprint density at radius 1 is 0.972 bits per heavy atom. The van der Waals surface area contributed by atoms with Gasteiger partial charge < -0.3 is 10.2 Å². The molecule has 0 aliphatic rings. The van der Waals surface area contributed by atoms with Gasteiger partial charge in [-0.1, -0.05) is 65.7 Å². The number of nitrogens with one attached hydrogen (secondary N) is 1. The van der Waals surface area contributed by atoms with Gasteiger partial charge in [-0.25, -0.2) is 8.42 Å². The molecule has 0 aliphatic carbocycles. The first kappa shape index (κ1) is 27.2. The number of aryl methyl sites for hydroxylation is 2. The van der Waals surface area contributed by atoms with Gasteiger partial charge >= 0.3 is 0 Å². The van der Waals surface area contributed by atoms with Gasteiger partial charge in [0.25, 0.3) is 10.0 Å². The highest BCUT2D eigenvalue weighted by molar-refractivity contribution is 7.92. The highest BCUT2D eigenvalue weighted by Gasteiger charge is 2.33. The normalized spacial score (nSPS) is 12.0. The van der Waals surface area contributed by atoms with Crippen molar-refractivity contribution < 1.29 is 18.0 Å². The maximum Gasteiger partial charge on any atom is 0.264 e. The fourth-order valence-corrected chi connectivity index (χ4v) is 5.54. The molecule has 1 N–H and O–H groups in total. The third-order valence-electron chi connectivity index (χ3n) is 5.90. The van der Waals surface area contributed by atoms with E-state index in [1.54, 1.807) is 44.2 Å². The van der Waals surface area contributed by atoms with Gasteiger partial charge in [0.05, 0.1) is 10.6 Å². The number of anilines is 1. The first-order valence-corrected chi connectivity index (χ1v) is 13.3. The molecule has 0 aliphatic heterocycles. The number of sulfonamides is 1. The minimum absolute atomic E-state index is 0.0433. The average molecular weight is 528 g/mol. The molecular weight excluding hydrogens is 498 g/mol. The van der Waals surface area contributed by atoms with Crippen LogP contribution in [-0.2, 0) is 26.2 Å². The predicted octanol–water partition coefficient (Wildman–Crippen LogP) is 4.32. The molecule has 3 aromatic rings. The molecule has 190 valence electrons. The summed E-state index contributed by atoms with van der Waals surface area (Å²) in [5.41, 5.74) is 2.77. The molecular formula is C27H30ClN3O4S. The fraction of sp³-hybridized carbons (Fsp3) is 0.259. The average Bonchev–Trinajstić information content (AvgIpc) is 2.86. The monoisotopic (exact) mass is 527 g/mol. The van der Waals surface area contributed by atoms with Crippen LogP contribution in [-0.4, -0.2) is 44.8 Å². The zero-order valence-corrected chi connectivity index (χ0v) is 22.3. The Hall–Kier alpha value is -3.36. The van der Waals surface area contributed by atoms with Crippen LogP contribution in [0.5, 0.6) is 0 Å². The molecule has 0 unspecified atom stereocenters. The molecule has 3 rings (SSSR count). The van der Waals surface area contributed by atoms with Crippen LogP contribution in [0.25, 0.3) is 0 Å². The van der Waals surface area contributed by atoms with Crippen LogP contribution >= 0.6 is 11.6 Å². The summed E-state index contributed by atoms with van der Waals surface area (Å²) in [4.78, 5) is 27.7. The topological polar surface area (TPSA) is 86.8 Å². The summed E-state index contributed by atoms with van der Waals surface area (Å²) in [7, 11) is -2.63. The third-order valence-corrected chi connectivity index (χ3v) is 7.91. The Kier molecular flexibility index (Phi) is 8.76. The predicted molar refractivity (Wildman–Crippen MR) is 142 cm³/mol. The lowest BCUT2D eigenvalue weighted by Crippen LogP contribution is -2.50. The quantitative estimate of drug-likeness (QED) is 0.449. The lowest BCUT2D eigenvalue weighted by Gasteiger charge is -2.32. The van der Waals surface area contributed by atoms with Crippen molar-refractivity contribution in [3.8, 4) is 0 Å². The number of hydrogen-bond acceptors (Lipinski definition) is 4. The molecule has 0 radical (unpaired) electrons. The molecule has 0 saturated heterocycles. The van der Waals surface area contributed by atoms with Gasteiger partial charge in [-0.3, -0.25) is 13.9 Å². The summed E-state index contributed by atoms with van der Waals surface area (Å²) in [6.07, 6.45) is 0. The Bertz CT molecular complexity index is 1350. The molecule has 0 saturated carbocycles. The van der Waals surface area contributed by atoms with Gasteiger partial charge in [-0.05, 0) is 56.2 Å². The molecule has 9 heteroatoms. The van der Waals surface area contributed by atoms with E-state index >= 15 is 0 Å². The van der Waals surface area contributed by atoms with E-state index in [1.807, 2.05) is 31.2 Å². The molecule has 0 bridgehead atoms. The van der Waals surface area contributed by atoms with E-state index in [-0.39, 0.29) is 17.3 Å². The highest BCUT2D eigenvalue weighted by Crippen LogP contribution is 2.30. The molecule has 2 amide bonds. The molecule has 0 heterocycles. The van der Waals surface area contributed by atoms with Gasteiger partial charge in [0.1, 0.15) is 12.6 Å². The van der Waals surface area contributed by atoms with Crippen LogP contribution in [0.15, 0.2) is 77.7 Å². The van der Waals surface area contributed by atoms with Gasteiger partial charge in [0.15, 0.2) is 0 Å². The largest absolute Gasteiger partial charge is 0.357 e. The van der Waals surface area contributed by atoms with E-state index in [0.29, 0.717) is 16.3 Å². The minimum atomic E-state index is -4.13. The lowest BCUT2D eigenvalue weighted by molar-refractivity contribution is -0.139. The van der Waals surface area contributed by atoms with Crippen molar-refractivity contribution in [3.63, 3.8) is 0 Å². The van der Waals surface area contributed by atoms with E-state index in [1.165, 1.54) is 30.1 Å². The van der Waals surface area contributed by atoms with Gasteiger partial charge in [-0.15, -0.1) is 0 Å². The lowest BCUT2D eigenvalue weighted by atomic mass is 10.1. The zero-order chi connectivity index (χ0) is 26.5. The summed E-state index contributed by atoms with van der Waals surface area (Å²) in [6, 6.07) is 19.6. The molecule has 0 aromatic heterocycles. The Balaban J connectivity index is 2.07. The van der Waals surface area contributed by atoms with Crippen molar-refractivity contribution in [3.05, 3.63) is 94.5 Å². The number of hydrogen-bond donors (Lipinski definition) is 1. The second kappa shape index (κ2) is 11.6. The van der Waals surface area contributed by atoms with Crippen molar-refractivity contribution in [1.29, 1.82) is 0 Å². The van der Waals surface area contributed by atoms with Gasteiger partial charge in [0.2, 0.25) is 11.8 Å². The van der Waals surface area contributed by atoms with Crippen molar-refractivity contribution in [2.75, 3.05) is 17.9 Å². The van der Waals surface area contributed by atoms with Gasteiger partial charge in [0, 0.05) is 18.6 Å². The number of carbonyl (C=O) groups excluding carboxylic acids is 2. The Morgan fingerprint density at radius 2 is 1.67 bits per heavy atom. The molecule has 1 atom stereocenters. The molecule has 0 spiro atoms. The maximum atomic E-state index is 13.8. The second-order valence-corrected chi connectivity index (χ2v) is 10.9. The van der Waals surface area contributed by atoms with E-state index in [4.69, 9.17) is 11.6 Å². The van der Waals surface area contributed by atoms with Crippen LogP contribution in [0.1, 0.15) is 23.6 Å². The van der Waals surface area contributed by atoms with Crippen LogP contribution < -0.4 is 9.62 Å². The van der Waals surface area contributed by atoms with Crippen LogP contribution in [0.3, 0.4) is 0 Å². The summed E-state index contributed by atoms with van der Waals surface area (Å²) >= 11 is 6.22. The van der Waals surface area contributed by atoms with Crippen molar-refractivity contribution in [2.45, 2.75) is 38.3 Å². The molecule has 3 aromatic carbocycles. The van der Waals surface area contributed by atoms with E-state index in [0.717, 1.165) is 15.4 Å². The van der Waals surface area contributed by atoms with Crippen LogP contribution in [0.2, 0.25) is 5.02 Å². The summed E-state index contributed by atoms with van der Waals surface area (Å²) < 4.78 is 28.6. The van der Waals surface area contributed by atoms with E-state index < -0.39 is 28.5 Å². The van der Waals surface area contributed by atoms with Crippen LogP contribution in [0, 0.1) is 13.8 Å². The minimum Gasteiger partial charge on any atom is -0.357 e. The standard InChI is InChI=1S/C27H30ClN3O4S/c1-19-9-8-10-22(15-19)17-30(21(3)27(33)29-4)26(32)18-31(25-16-23(28)14-13-20(25)2)36(34,35)24-11-6-5-7-12-24/h5-16,21H,17-18H2,1-4H3,(H,29,33)/t21-/m0/s1. The van der Waals surface area contributed by atoms with E-state index in [2.05, 4.69) is 5.32 Å². The first-order valence-electron chi connectivity index (χ1n) is 11.4. The van der Waals surface area contributed by atoms with Crippen molar-refractivity contribution in [2.24, 2.45) is 0 Å². The van der Waals surface area contributed by atoms with Crippen LogP contribution in [0.4, 0.5) is 5.69 Å². The molecule has 0 fully saturated rings. The zero-order valence-electron chi connectivity index (χ0n) is 20.7. The van der Waals surface area contributed by atoms with Gasteiger partial charge in [-0.2, -0.15) is 0 Å². The SMILES string of the molecule is CNC(=O)[C@H](C)N(Cc1cccc(C)c1)C(=O)CN(c1cc(Cl)ccc1C)S(=O)(=O)c1ccccc1. The smallest absolute Gasteiger partial charge is 0.264 e. The Morgan fingerprint density at radius 3 is 2.31 bits per heavy atom. The number of nitrogens with zero attached hydrogens (tertiary/aromatic N) is 2. The fourth-order valence-electron chi connectivity index (χ4n) is 3.88. The third kappa shape index (κ3) is 6.25. The number of carbonyl (C=O) groups is 2. The number of halogens is 1. The Labute approximate surface area is 217 Å². The summed E-state index contributed by atoms with van der Waals surface area (Å²) in [5.74, 6) is -0.876. The number of likely N-dealkylation sites (N-methyl/N-ethyl adjacent to an activating group) is 1. The summed E-state index contributed by atoms with van der Waals surface area (Å²) in [5, 5.41) is 2.91. The molecule has 7 nitrogen and oxygen atoms in total. The highest BCUT2D eigenvalue weighted by atomic mass is 35.5. The first-order chi connectivity index (χ1) is 17.0. The number of benzene rings is 3. The van der Waals surface area contributed by atoms with E-state index in [9.17, 15) is 18.0 Å². The maximum absolute atomic E-state index is 13.8. The summed E-state index contributed by atoms with van der Waals surface area (Å²) in [6.45, 7) is 4.94. The molecule has 36 heavy (non-hydrogen) atoms. The van der Waals surface area contributed by atoms with Crippen molar-refractivity contribution in [1.82, 2.24) is 10.2 Å². The number of amides is 2. The second-order valence-electron chi connectivity index (χ2n) is 8.56. The van der Waals surface area contributed by atoms with Crippen molar-refractivity contribution >= 4 is 39.1 Å². The number of rotatable bonds is 9.